The highest BCUT2D eigenvalue weighted by Gasteiger charge is 2.21. The van der Waals surface area contributed by atoms with E-state index < -0.39 is 12.1 Å². The molecule has 1 unspecified atom stereocenters. The number of carboxylic acids is 1. The maximum Gasteiger partial charge on any atom is 0.333 e. The molecule has 0 bridgehead atoms. The molecule has 0 radical (unpaired) electrons. The summed E-state index contributed by atoms with van der Waals surface area (Å²) in [4.78, 5) is 24.4. The molecule has 2 N–H and O–H groups in total. The summed E-state index contributed by atoms with van der Waals surface area (Å²) >= 11 is 12.4. The molecular formula is C27H27Cl2NO5. The Morgan fingerprint density at radius 3 is 2.26 bits per heavy atom. The highest BCUT2D eigenvalue weighted by Crippen LogP contribution is 2.27. The van der Waals surface area contributed by atoms with Gasteiger partial charge in [0.1, 0.15) is 5.75 Å². The summed E-state index contributed by atoms with van der Waals surface area (Å²) in [6, 6.07) is 17.9. The second-order valence-electron chi connectivity index (χ2n) is 8.25. The van der Waals surface area contributed by atoms with E-state index in [-0.39, 0.29) is 25.0 Å². The van der Waals surface area contributed by atoms with Gasteiger partial charge in [0.15, 0.2) is 6.10 Å². The minimum Gasteiger partial charge on any atom is -0.496 e. The van der Waals surface area contributed by atoms with Gasteiger partial charge in [0.2, 0.25) is 0 Å². The molecule has 0 fully saturated rings. The normalized spacial score (nSPS) is 11.8. The number of rotatable bonds is 10. The van der Waals surface area contributed by atoms with Crippen LogP contribution in [-0.4, -0.2) is 36.3 Å². The lowest BCUT2D eigenvalue weighted by atomic mass is 10.0. The molecule has 3 aromatic rings. The molecule has 0 heterocycles. The Balaban J connectivity index is 1.73. The van der Waals surface area contributed by atoms with E-state index in [1.807, 2.05) is 24.3 Å². The molecule has 6 nitrogen and oxygen atoms in total. The fourth-order valence-corrected chi connectivity index (χ4v) is 4.02. The molecule has 35 heavy (non-hydrogen) atoms. The molecule has 0 aliphatic carbocycles. The van der Waals surface area contributed by atoms with E-state index in [4.69, 9.17) is 32.7 Å². The van der Waals surface area contributed by atoms with E-state index >= 15 is 0 Å². The van der Waals surface area contributed by atoms with Crippen LogP contribution in [0.15, 0.2) is 60.7 Å². The van der Waals surface area contributed by atoms with Crippen LogP contribution in [-0.2, 0) is 22.5 Å². The van der Waals surface area contributed by atoms with Gasteiger partial charge in [-0.2, -0.15) is 0 Å². The first-order chi connectivity index (χ1) is 16.7. The van der Waals surface area contributed by atoms with Gasteiger partial charge < -0.3 is 19.9 Å². The van der Waals surface area contributed by atoms with Crippen LogP contribution >= 0.6 is 23.2 Å². The van der Waals surface area contributed by atoms with Crippen LogP contribution in [0.3, 0.4) is 0 Å². The lowest BCUT2D eigenvalue weighted by Gasteiger charge is -2.18. The van der Waals surface area contributed by atoms with E-state index in [1.54, 1.807) is 50.2 Å². The van der Waals surface area contributed by atoms with E-state index in [1.165, 1.54) is 7.11 Å². The van der Waals surface area contributed by atoms with Gasteiger partial charge in [0, 0.05) is 23.6 Å². The quantitative estimate of drug-likeness (QED) is 0.344. The Bertz CT molecular complexity index is 1190. The molecular weight excluding hydrogens is 489 g/mol. The maximum absolute atomic E-state index is 12.9. The van der Waals surface area contributed by atoms with Crippen LogP contribution in [0.5, 0.6) is 5.75 Å². The first kappa shape index (κ1) is 26.5. The van der Waals surface area contributed by atoms with Gasteiger partial charge in [0.05, 0.1) is 23.8 Å². The van der Waals surface area contributed by atoms with Gasteiger partial charge in [-0.25, -0.2) is 4.79 Å². The monoisotopic (exact) mass is 515 g/mol. The number of ether oxygens (including phenoxy) is 2. The minimum atomic E-state index is -1.03. The number of hydrogen-bond donors (Lipinski definition) is 2. The first-order valence-electron chi connectivity index (χ1n) is 11.1. The molecule has 0 saturated carbocycles. The van der Waals surface area contributed by atoms with Crippen molar-refractivity contribution in [1.29, 1.82) is 0 Å². The third-order valence-corrected chi connectivity index (χ3v) is 5.87. The van der Waals surface area contributed by atoms with Crippen molar-refractivity contribution in [1.82, 2.24) is 5.32 Å². The molecule has 0 saturated heterocycles. The topological polar surface area (TPSA) is 84.9 Å². The molecule has 8 heteroatoms. The van der Waals surface area contributed by atoms with Crippen molar-refractivity contribution in [3.05, 3.63) is 87.4 Å². The van der Waals surface area contributed by atoms with E-state index in [9.17, 15) is 14.7 Å². The number of carbonyl (C=O) groups is 2. The first-order valence-corrected chi connectivity index (χ1v) is 11.8. The Morgan fingerprint density at radius 1 is 0.971 bits per heavy atom. The Hall–Kier alpha value is -3.06. The average Bonchev–Trinajstić information content (AvgIpc) is 2.82. The number of nitrogens with one attached hydrogen (secondary N) is 1. The van der Waals surface area contributed by atoms with Gasteiger partial charge in [-0.1, -0.05) is 53.5 Å². The van der Waals surface area contributed by atoms with Crippen molar-refractivity contribution in [2.75, 3.05) is 7.11 Å². The zero-order valence-electron chi connectivity index (χ0n) is 19.7. The SMILES string of the molecule is COc1ccc(CC(OC(C)C)C(=O)O)cc1CNC(=O)c1ccc(-c2ccc(Cl)cc2)cc1Cl. The third kappa shape index (κ3) is 7.21. The van der Waals surface area contributed by atoms with Crippen LogP contribution in [0, 0.1) is 0 Å². The number of methoxy groups -OCH3 is 1. The summed E-state index contributed by atoms with van der Waals surface area (Å²) in [6.07, 6.45) is -0.996. The summed E-state index contributed by atoms with van der Waals surface area (Å²) in [7, 11) is 1.54. The Labute approximate surface area is 214 Å². The Kier molecular flexibility index (Phi) is 9.15. The number of amides is 1. The molecule has 0 aromatic heterocycles. The molecule has 1 atom stereocenters. The number of carbonyl (C=O) groups excluding carboxylic acids is 1. The van der Waals surface area contributed by atoms with Crippen molar-refractivity contribution in [3.8, 4) is 16.9 Å². The molecule has 0 spiro atoms. The number of halogens is 2. The molecule has 0 aliphatic rings. The van der Waals surface area contributed by atoms with Crippen molar-refractivity contribution >= 4 is 35.1 Å². The van der Waals surface area contributed by atoms with Crippen LogP contribution in [0.4, 0.5) is 0 Å². The highest BCUT2D eigenvalue weighted by molar-refractivity contribution is 6.34. The van der Waals surface area contributed by atoms with Gasteiger partial charge in [-0.3, -0.25) is 4.79 Å². The van der Waals surface area contributed by atoms with Crippen LogP contribution in [0.1, 0.15) is 35.3 Å². The maximum atomic E-state index is 12.9. The fraction of sp³-hybridized carbons (Fsp3) is 0.259. The average molecular weight is 516 g/mol. The second-order valence-corrected chi connectivity index (χ2v) is 9.09. The summed E-state index contributed by atoms with van der Waals surface area (Å²) in [5.41, 5.74) is 3.62. The zero-order valence-corrected chi connectivity index (χ0v) is 21.2. The molecule has 184 valence electrons. The highest BCUT2D eigenvalue weighted by atomic mass is 35.5. The van der Waals surface area contributed by atoms with E-state index in [0.717, 1.165) is 16.7 Å². The van der Waals surface area contributed by atoms with Crippen LogP contribution in [0.2, 0.25) is 10.0 Å². The molecule has 1 amide bonds. The molecule has 0 aliphatic heterocycles. The predicted octanol–water partition coefficient (Wildman–Crippen LogP) is 6.02. The molecule has 3 aromatic carbocycles. The lowest BCUT2D eigenvalue weighted by Crippen LogP contribution is -2.29. The fourth-order valence-electron chi connectivity index (χ4n) is 3.63. The zero-order chi connectivity index (χ0) is 25.5. The van der Waals surface area contributed by atoms with E-state index in [0.29, 0.717) is 26.9 Å². The van der Waals surface area contributed by atoms with Gasteiger partial charge >= 0.3 is 5.97 Å². The number of hydrogen-bond acceptors (Lipinski definition) is 4. The van der Waals surface area contributed by atoms with Crippen LogP contribution in [0.25, 0.3) is 11.1 Å². The Morgan fingerprint density at radius 2 is 1.66 bits per heavy atom. The van der Waals surface area contributed by atoms with Crippen LogP contribution < -0.4 is 10.1 Å². The van der Waals surface area contributed by atoms with Crippen molar-refractivity contribution < 1.29 is 24.2 Å². The minimum absolute atomic E-state index is 0.174. The van der Waals surface area contributed by atoms with Crippen molar-refractivity contribution in [2.45, 2.75) is 39.0 Å². The predicted molar refractivity (Wildman–Crippen MR) is 137 cm³/mol. The smallest absolute Gasteiger partial charge is 0.333 e. The van der Waals surface area contributed by atoms with Crippen molar-refractivity contribution in [2.24, 2.45) is 0 Å². The largest absolute Gasteiger partial charge is 0.496 e. The number of aliphatic carboxylic acids is 1. The van der Waals surface area contributed by atoms with Crippen molar-refractivity contribution in [3.63, 3.8) is 0 Å². The van der Waals surface area contributed by atoms with Gasteiger partial charge in [-0.15, -0.1) is 0 Å². The third-order valence-electron chi connectivity index (χ3n) is 5.31. The number of benzene rings is 3. The van der Waals surface area contributed by atoms with Gasteiger partial charge in [0.25, 0.3) is 5.91 Å². The van der Waals surface area contributed by atoms with Gasteiger partial charge in [-0.05, 0) is 60.9 Å². The summed E-state index contributed by atoms with van der Waals surface area (Å²) < 4.78 is 10.9. The summed E-state index contributed by atoms with van der Waals surface area (Å²) in [6.45, 7) is 3.75. The lowest BCUT2D eigenvalue weighted by molar-refractivity contribution is -0.153. The summed E-state index contributed by atoms with van der Waals surface area (Å²) in [5, 5.41) is 13.3. The standard InChI is InChI=1S/C27H27Cl2NO5/c1-16(2)35-25(27(32)33)13-17-4-11-24(34-3)20(12-17)15-30-26(31)22-10-7-19(14-23(22)29)18-5-8-21(28)9-6-18/h4-12,14,16,25H,13,15H2,1-3H3,(H,30,31)(H,32,33). The second kappa shape index (κ2) is 12.1. The molecule has 3 rings (SSSR count). The van der Waals surface area contributed by atoms with E-state index in [2.05, 4.69) is 5.32 Å². The number of carboxylic acid groups (broad SMARTS) is 1. The summed E-state index contributed by atoms with van der Waals surface area (Å²) in [5.74, 6) is -0.785.